The van der Waals surface area contributed by atoms with Crippen LogP contribution in [0.1, 0.15) is 58.4 Å². The maximum Gasteiger partial charge on any atom is 0.257 e. The van der Waals surface area contributed by atoms with E-state index in [1.54, 1.807) is 36.4 Å². The van der Waals surface area contributed by atoms with E-state index in [1.807, 2.05) is 18.2 Å². The highest BCUT2D eigenvalue weighted by Crippen LogP contribution is 2.27. The molecule has 198 valence electrons. The minimum Gasteiger partial charge on any atom is -0.492 e. The van der Waals surface area contributed by atoms with Gasteiger partial charge in [-0.2, -0.15) is 0 Å². The molecule has 0 unspecified atom stereocenters. The maximum atomic E-state index is 12.8. The molecular weight excluding hydrogens is 586 g/mol. The van der Waals surface area contributed by atoms with Crippen molar-refractivity contribution in [1.82, 2.24) is 10.6 Å². The van der Waals surface area contributed by atoms with Gasteiger partial charge in [-0.3, -0.25) is 14.9 Å². The monoisotopic (exact) mass is 613 g/mol. The molecule has 9 heteroatoms. The number of hydrogen-bond acceptors (Lipinski definition) is 4. The quantitative estimate of drug-likeness (QED) is 0.240. The molecule has 3 aromatic rings. The summed E-state index contributed by atoms with van der Waals surface area (Å²) in [6.45, 7) is 0.518. The number of benzene rings is 3. The molecule has 38 heavy (non-hydrogen) atoms. The molecule has 0 spiro atoms. The Morgan fingerprint density at radius 2 is 1.74 bits per heavy atom. The van der Waals surface area contributed by atoms with E-state index in [1.165, 1.54) is 12.0 Å². The van der Waals surface area contributed by atoms with E-state index in [9.17, 15) is 9.59 Å². The lowest BCUT2D eigenvalue weighted by Crippen LogP contribution is -2.36. The van der Waals surface area contributed by atoms with E-state index in [2.05, 4.69) is 44.0 Å². The molecule has 0 radical (unpaired) electrons. The Balaban J connectivity index is 1.30. The van der Waals surface area contributed by atoms with Crippen molar-refractivity contribution in [1.29, 1.82) is 0 Å². The third-order valence-electron chi connectivity index (χ3n) is 6.32. The molecular formula is C29H29BrClN3O3S. The predicted molar refractivity (Wildman–Crippen MR) is 159 cm³/mol. The fourth-order valence-electron chi connectivity index (χ4n) is 4.31. The van der Waals surface area contributed by atoms with Crippen LogP contribution in [0.3, 0.4) is 0 Å². The second-order valence-corrected chi connectivity index (χ2v) is 10.8. The van der Waals surface area contributed by atoms with Gasteiger partial charge in [0.05, 0.1) is 21.7 Å². The smallest absolute Gasteiger partial charge is 0.257 e. The van der Waals surface area contributed by atoms with Crippen LogP contribution in [-0.4, -0.2) is 29.6 Å². The third kappa shape index (κ3) is 8.03. The second-order valence-electron chi connectivity index (χ2n) is 9.14. The number of ether oxygens (including phenoxy) is 1. The van der Waals surface area contributed by atoms with Crippen molar-refractivity contribution < 1.29 is 14.3 Å². The molecule has 1 fully saturated rings. The van der Waals surface area contributed by atoms with Gasteiger partial charge in [0.15, 0.2) is 5.11 Å². The summed E-state index contributed by atoms with van der Waals surface area (Å²) in [5, 5.41) is 9.17. The number of halogens is 2. The molecule has 6 nitrogen and oxygen atoms in total. The standard InChI is InChI=1S/C29H29BrClN3O3S/c30-24-17-20(11-14-26(24)37-16-15-19-7-3-1-4-8-19)27(35)34-29(38)33-22-12-13-25(31)23(18-22)28(36)32-21-9-5-2-6-10-21/h1,3-4,7-8,11-14,17-18,21H,2,5-6,9-10,15-16H2,(H,32,36)(H2,33,34,35,38). The highest BCUT2D eigenvalue weighted by molar-refractivity contribution is 9.10. The molecule has 1 aliphatic rings. The molecule has 2 amide bonds. The topological polar surface area (TPSA) is 79.5 Å². The van der Waals surface area contributed by atoms with E-state index in [0.717, 1.165) is 32.1 Å². The first-order valence-corrected chi connectivity index (χ1v) is 14.2. The highest BCUT2D eigenvalue weighted by atomic mass is 79.9. The summed E-state index contributed by atoms with van der Waals surface area (Å²) in [6, 6.07) is 20.3. The van der Waals surface area contributed by atoms with Crippen LogP contribution < -0.4 is 20.7 Å². The molecule has 3 N–H and O–H groups in total. The van der Waals surface area contributed by atoms with Gasteiger partial charge in [0, 0.05) is 23.7 Å². The van der Waals surface area contributed by atoms with Crippen molar-refractivity contribution in [3.05, 3.63) is 92.9 Å². The second kappa shape index (κ2) is 13.7. The maximum absolute atomic E-state index is 12.8. The van der Waals surface area contributed by atoms with E-state index < -0.39 is 0 Å². The van der Waals surface area contributed by atoms with Crippen LogP contribution in [0.15, 0.2) is 71.2 Å². The lowest BCUT2D eigenvalue weighted by Gasteiger charge is -2.23. The number of carbonyl (C=O) groups excluding carboxylic acids is 2. The molecule has 0 bridgehead atoms. The number of anilines is 1. The van der Waals surface area contributed by atoms with Crippen molar-refractivity contribution >= 4 is 62.4 Å². The molecule has 0 aromatic heterocycles. The molecule has 0 aliphatic heterocycles. The summed E-state index contributed by atoms with van der Waals surface area (Å²) in [4.78, 5) is 25.6. The van der Waals surface area contributed by atoms with Gasteiger partial charge in [-0.25, -0.2) is 0 Å². The molecule has 0 atom stereocenters. The number of amides is 2. The van der Waals surface area contributed by atoms with E-state index in [-0.39, 0.29) is 23.0 Å². The zero-order valence-corrected chi connectivity index (χ0v) is 23.9. The van der Waals surface area contributed by atoms with Gasteiger partial charge in [0.2, 0.25) is 0 Å². The highest BCUT2D eigenvalue weighted by Gasteiger charge is 2.19. The first-order chi connectivity index (χ1) is 18.4. The number of hydrogen-bond donors (Lipinski definition) is 3. The zero-order chi connectivity index (χ0) is 26.9. The molecule has 1 saturated carbocycles. The Morgan fingerprint density at radius 1 is 0.974 bits per heavy atom. The summed E-state index contributed by atoms with van der Waals surface area (Å²) < 4.78 is 6.53. The lowest BCUT2D eigenvalue weighted by molar-refractivity contribution is 0.0926. The number of rotatable bonds is 8. The first kappa shape index (κ1) is 28.1. The van der Waals surface area contributed by atoms with Crippen LogP contribution in [0, 0.1) is 0 Å². The molecule has 1 aliphatic carbocycles. The van der Waals surface area contributed by atoms with Crippen LogP contribution >= 0.6 is 39.7 Å². The fourth-order valence-corrected chi connectivity index (χ4v) is 5.21. The average molecular weight is 615 g/mol. The van der Waals surface area contributed by atoms with Gasteiger partial charge in [0.25, 0.3) is 11.8 Å². The van der Waals surface area contributed by atoms with Crippen molar-refractivity contribution in [2.24, 2.45) is 0 Å². The summed E-state index contributed by atoms with van der Waals surface area (Å²) in [7, 11) is 0. The predicted octanol–water partition coefficient (Wildman–Crippen LogP) is 6.91. The minimum atomic E-state index is -0.372. The summed E-state index contributed by atoms with van der Waals surface area (Å²) in [5.74, 6) is 0.0677. The minimum absolute atomic E-state index is 0.107. The van der Waals surface area contributed by atoms with Gasteiger partial charge in [-0.1, -0.05) is 61.2 Å². The molecule has 0 saturated heterocycles. The lowest BCUT2D eigenvalue weighted by atomic mass is 9.95. The van der Waals surface area contributed by atoms with Gasteiger partial charge in [-0.15, -0.1) is 0 Å². The summed E-state index contributed by atoms with van der Waals surface area (Å²) in [6.07, 6.45) is 6.19. The van der Waals surface area contributed by atoms with Gasteiger partial charge >= 0.3 is 0 Å². The molecule has 0 heterocycles. The van der Waals surface area contributed by atoms with Gasteiger partial charge in [-0.05, 0) is 83.0 Å². The van der Waals surface area contributed by atoms with Crippen LogP contribution in [0.25, 0.3) is 0 Å². The van der Waals surface area contributed by atoms with Crippen LogP contribution in [0.4, 0.5) is 5.69 Å². The van der Waals surface area contributed by atoms with Crippen LogP contribution in [0.5, 0.6) is 5.75 Å². The normalized spacial score (nSPS) is 13.4. The molecule has 4 rings (SSSR count). The SMILES string of the molecule is O=C(NC(=S)Nc1ccc(Cl)c(C(=O)NC2CCCCC2)c1)c1ccc(OCCc2ccccc2)c(Br)c1. The molecule has 3 aromatic carbocycles. The Hall–Kier alpha value is -2.94. The van der Waals surface area contributed by atoms with Crippen molar-refractivity contribution in [3.8, 4) is 5.75 Å². The van der Waals surface area contributed by atoms with Gasteiger partial charge < -0.3 is 15.4 Å². The zero-order valence-electron chi connectivity index (χ0n) is 20.8. The van der Waals surface area contributed by atoms with Crippen molar-refractivity contribution in [3.63, 3.8) is 0 Å². The Kier molecular flexibility index (Phi) is 10.1. The van der Waals surface area contributed by atoms with Crippen molar-refractivity contribution in [2.45, 2.75) is 44.6 Å². The van der Waals surface area contributed by atoms with Crippen LogP contribution in [-0.2, 0) is 6.42 Å². The van der Waals surface area contributed by atoms with Crippen LogP contribution in [0.2, 0.25) is 5.02 Å². The Morgan fingerprint density at radius 3 is 2.47 bits per heavy atom. The fraction of sp³-hybridized carbons (Fsp3) is 0.276. The van der Waals surface area contributed by atoms with Crippen molar-refractivity contribution in [2.75, 3.05) is 11.9 Å². The number of carbonyl (C=O) groups is 2. The largest absolute Gasteiger partial charge is 0.492 e. The van der Waals surface area contributed by atoms with E-state index in [0.29, 0.717) is 38.7 Å². The van der Waals surface area contributed by atoms with E-state index in [4.69, 9.17) is 28.6 Å². The summed E-state index contributed by atoms with van der Waals surface area (Å²) in [5.41, 5.74) is 2.53. The number of nitrogens with one attached hydrogen (secondary N) is 3. The van der Waals surface area contributed by atoms with Gasteiger partial charge in [0.1, 0.15) is 5.75 Å². The Bertz CT molecular complexity index is 1300. The van der Waals surface area contributed by atoms with E-state index >= 15 is 0 Å². The average Bonchev–Trinajstić information content (AvgIpc) is 2.91. The Labute approximate surface area is 241 Å². The number of thiocarbonyl (C=S) groups is 1. The first-order valence-electron chi connectivity index (χ1n) is 12.6. The third-order valence-corrected chi connectivity index (χ3v) is 7.47. The summed E-state index contributed by atoms with van der Waals surface area (Å²) >= 11 is 15.1.